The first-order valence-corrected chi connectivity index (χ1v) is 12.8. The maximum absolute atomic E-state index is 14.8. The van der Waals surface area contributed by atoms with Crippen molar-refractivity contribution in [3.63, 3.8) is 0 Å². The summed E-state index contributed by atoms with van der Waals surface area (Å²) in [7, 11) is 0. The highest BCUT2D eigenvalue weighted by Gasteiger charge is 2.61. The SMILES string of the molecule is Cc1ccc(Oc2ccc(F)cc2[C@H]2NC(=O)C[C@@H](c3cccc(F)c3)[C@]23C(=O)Nc2cc(Cl)ccc23)cc1. The highest BCUT2D eigenvalue weighted by Crippen LogP contribution is 2.58. The van der Waals surface area contributed by atoms with Gasteiger partial charge in [0.05, 0.1) is 6.04 Å². The summed E-state index contributed by atoms with van der Waals surface area (Å²) in [5.74, 6) is -1.81. The van der Waals surface area contributed by atoms with Crippen LogP contribution in [0.4, 0.5) is 14.5 Å². The topological polar surface area (TPSA) is 67.4 Å². The summed E-state index contributed by atoms with van der Waals surface area (Å²) in [6.45, 7) is 1.95. The molecule has 39 heavy (non-hydrogen) atoms. The molecule has 1 fully saturated rings. The molecule has 5 nitrogen and oxygen atoms in total. The first-order chi connectivity index (χ1) is 18.8. The second-order valence-corrected chi connectivity index (χ2v) is 10.4. The average molecular weight is 545 g/mol. The fraction of sp³-hybridized carbons (Fsp3) is 0.161. The third kappa shape index (κ3) is 4.23. The number of carbonyl (C=O) groups excluding carboxylic acids is 2. The zero-order valence-electron chi connectivity index (χ0n) is 20.8. The van der Waals surface area contributed by atoms with E-state index in [9.17, 15) is 18.4 Å². The molecule has 0 bridgehead atoms. The summed E-state index contributed by atoms with van der Waals surface area (Å²) >= 11 is 6.26. The van der Waals surface area contributed by atoms with E-state index >= 15 is 0 Å². The molecule has 0 saturated carbocycles. The first-order valence-electron chi connectivity index (χ1n) is 12.5. The molecule has 4 aromatic rings. The molecule has 0 unspecified atom stereocenters. The number of amides is 2. The number of carbonyl (C=O) groups is 2. The maximum Gasteiger partial charge on any atom is 0.238 e. The van der Waals surface area contributed by atoms with Gasteiger partial charge in [-0.05, 0) is 72.6 Å². The molecule has 2 heterocycles. The van der Waals surface area contributed by atoms with E-state index in [-0.39, 0.29) is 23.6 Å². The van der Waals surface area contributed by atoms with Crippen LogP contribution in [0.3, 0.4) is 0 Å². The van der Waals surface area contributed by atoms with Crippen molar-refractivity contribution in [2.45, 2.75) is 30.7 Å². The van der Waals surface area contributed by atoms with Gasteiger partial charge in [0.25, 0.3) is 0 Å². The summed E-state index contributed by atoms with van der Waals surface area (Å²) < 4.78 is 35.5. The number of ether oxygens (including phenoxy) is 1. The van der Waals surface area contributed by atoms with E-state index in [2.05, 4.69) is 10.6 Å². The van der Waals surface area contributed by atoms with Crippen molar-refractivity contribution in [1.29, 1.82) is 0 Å². The fourth-order valence-corrected chi connectivity index (χ4v) is 6.01. The molecule has 2 amide bonds. The number of hydrogen-bond acceptors (Lipinski definition) is 3. The minimum atomic E-state index is -1.46. The first kappa shape index (κ1) is 25.1. The van der Waals surface area contributed by atoms with Gasteiger partial charge in [0.15, 0.2) is 0 Å². The van der Waals surface area contributed by atoms with Crippen molar-refractivity contribution in [2.75, 3.05) is 5.32 Å². The van der Waals surface area contributed by atoms with E-state index in [0.717, 1.165) is 5.56 Å². The zero-order chi connectivity index (χ0) is 27.3. The predicted molar refractivity (Wildman–Crippen MR) is 144 cm³/mol. The van der Waals surface area contributed by atoms with Gasteiger partial charge in [0.1, 0.15) is 28.5 Å². The number of piperidine rings is 1. The van der Waals surface area contributed by atoms with Crippen molar-refractivity contribution < 1.29 is 23.1 Å². The van der Waals surface area contributed by atoms with Crippen LogP contribution in [-0.4, -0.2) is 11.8 Å². The number of anilines is 1. The van der Waals surface area contributed by atoms with Gasteiger partial charge in [0, 0.05) is 28.6 Å². The fourth-order valence-electron chi connectivity index (χ4n) is 5.84. The third-order valence-electron chi connectivity index (χ3n) is 7.53. The van der Waals surface area contributed by atoms with Crippen molar-refractivity contribution in [3.8, 4) is 11.5 Å². The monoisotopic (exact) mass is 544 g/mol. The number of fused-ring (bicyclic) bond motifs is 2. The van der Waals surface area contributed by atoms with Crippen LogP contribution in [0.15, 0.2) is 84.9 Å². The van der Waals surface area contributed by atoms with Gasteiger partial charge in [-0.3, -0.25) is 9.59 Å². The van der Waals surface area contributed by atoms with Gasteiger partial charge >= 0.3 is 0 Å². The van der Waals surface area contributed by atoms with Crippen LogP contribution in [0.5, 0.6) is 11.5 Å². The lowest BCUT2D eigenvalue weighted by atomic mass is 9.59. The molecule has 6 rings (SSSR count). The van der Waals surface area contributed by atoms with E-state index in [1.54, 1.807) is 42.5 Å². The summed E-state index contributed by atoms with van der Waals surface area (Å²) in [5, 5.41) is 6.29. The van der Waals surface area contributed by atoms with E-state index in [1.165, 1.54) is 30.3 Å². The molecule has 0 aromatic heterocycles. The van der Waals surface area contributed by atoms with Crippen LogP contribution in [-0.2, 0) is 15.0 Å². The largest absolute Gasteiger partial charge is 0.457 e. The van der Waals surface area contributed by atoms with Crippen molar-refractivity contribution >= 4 is 29.1 Å². The van der Waals surface area contributed by atoms with Crippen LogP contribution in [0.1, 0.15) is 40.6 Å². The molecule has 1 spiro atoms. The third-order valence-corrected chi connectivity index (χ3v) is 7.77. The van der Waals surface area contributed by atoms with Gasteiger partial charge in [-0.15, -0.1) is 0 Å². The predicted octanol–water partition coefficient (Wildman–Crippen LogP) is 6.95. The number of aryl methyl sites for hydroxylation is 1. The van der Waals surface area contributed by atoms with Gasteiger partial charge in [0.2, 0.25) is 11.8 Å². The van der Waals surface area contributed by atoms with Gasteiger partial charge in [-0.1, -0.05) is 47.5 Å². The maximum atomic E-state index is 14.8. The molecular formula is C31H23ClF2N2O3. The number of rotatable bonds is 4. The van der Waals surface area contributed by atoms with Gasteiger partial charge in [-0.25, -0.2) is 8.78 Å². The Labute approximate surface area is 228 Å². The molecule has 0 aliphatic carbocycles. The normalized spacial score (nSPS) is 21.8. The Hall–Kier alpha value is -4.23. The molecule has 0 radical (unpaired) electrons. The van der Waals surface area contributed by atoms with Crippen molar-refractivity contribution in [1.82, 2.24) is 5.32 Å². The van der Waals surface area contributed by atoms with E-state index in [1.807, 2.05) is 19.1 Å². The Kier molecular flexibility index (Phi) is 6.11. The Morgan fingerprint density at radius 2 is 1.69 bits per heavy atom. The number of hydrogen-bond donors (Lipinski definition) is 2. The van der Waals surface area contributed by atoms with E-state index < -0.39 is 34.9 Å². The lowest BCUT2D eigenvalue weighted by molar-refractivity contribution is -0.131. The number of halogens is 3. The lowest BCUT2D eigenvalue weighted by Crippen LogP contribution is -2.56. The van der Waals surface area contributed by atoms with Crippen LogP contribution < -0.4 is 15.4 Å². The van der Waals surface area contributed by atoms with Crippen molar-refractivity contribution in [3.05, 3.63) is 124 Å². The van der Waals surface area contributed by atoms with Crippen LogP contribution in [0.2, 0.25) is 5.02 Å². The van der Waals surface area contributed by atoms with Crippen LogP contribution in [0.25, 0.3) is 0 Å². The lowest BCUT2D eigenvalue weighted by Gasteiger charge is -2.46. The van der Waals surface area contributed by atoms with Gasteiger partial charge in [-0.2, -0.15) is 0 Å². The minimum Gasteiger partial charge on any atom is -0.457 e. The number of nitrogens with one attached hydrogen (secondary N) is 2. The summed E-state index contributed by atoms with van der Waals surface area (Å²) in [4.78, 5) is 27.4. The average Bonchev–Trinajstić information content (AvgIpc) is 3.18. The minimum absolute atomic E-state index is 0.0844. The van der Waals surface area contributed by atoms with Crippen LogP contribution in [0, 0.1) is 18.6 Å². The molecule has 8 heteroatoms. The molecule has 2 N–H and O–H groups in total. The molecule has 4 aromatic carbocycles. The molecule has 3 atom stereocenters. The number of benzene rings is 4. The quantitative estimate of drug-likeness (QED) is 0.292. The summed E-state index contributed by atoms with van der Waals surface area (Å²) in [6.07, 6.45) is -0.0844. The zero-order valence-corrected chi connectivity index (χ0v) is 21.6. The Morgan fingerprint density at radius 3 is 2.46 bits per heavy atom. The second-order valence-electron chi connectivity index (χ2n) is 9.92. The van der Waals surface area contributed by atoms with E-state index in [4.69, 9.17) is 16.3 Å². The molecule has 2 aliphatic heterocycles. The smallest absolute Gasteiger partial charge is 0.238 e. The molecule has 2 aliphatic rings. The van der Waals surface area contributed by atoms with Gasteiger partial charge < -0.3 is 15.4 Å². The Bertz CT molecular complexity index is 1620. The Morgan fingerprint density at radius 1 is 0.923 bits per heavy atom. The molecule has 196 valence electrons. The van der Waals surface area contributed by atoms with Crippen LogP contribution >= 0.6 is 11.6 Å². The summed E-state index contributed by atoms with van der Waals surface area (Å²) in [5.41, 5.74) is 1.39. The molecule has 1 saturated heterocycles. The Balaban J connectivity index is 1.60. The highest BCUT2D eigenvalue weighted by molar-refractivity contribution is 6.31. The van der Waals surface area contributed by atoms with Crippen molar-refractivity contribution in [2.24, 2.45) is 0 Å². The standard InChI is InChI=1S/C31H23ClF2N2O3/c1-17-5-9-22(10-6-17)39-27-12-8-21(34)15-23(27)29-31(24-11-7-19(32)14-26(24)35-30(31)38)25(16-28(37)36-29)18-3-2-4-20(33)13-18/h2-15,25,29H,16H2,1H3,(H,35,38)(H,36,37)/t25-,29+,31-/m0/s1. The van der Waals surface area contributed by atoms with E-state index in [0.29, 0.717) is 27.6 Å². The molecular weight excluding hydrogens is 522 g/mol. The summed E-state index contributed by atoms with van der Waals surface area (Å²) in [6, 6.07) is 21.2. The second kappa shape index (κ2) is 9.50. The highest BCUT2D eigenvalue weighted by atomic mass is 35.5.